The van der Waals surface area contributed by atoms with Crippen LogP contribution in [0, 0.1) is 3.57 Å². The number of hydrogen-bond acceptors (Lipinski definition) is 3. The summed E-state index contributed by atoms with van der Waals surface area (Å²) in [7, 11) is 0. The molecule has 0 bridgehead atoms. The number of carbonyl (C=O) groups excluding carboxylic acids is 2. The minimum absolute atomic E-state index is 0.138. The van der Waals surface area contributed by atoms with E-state index in [1.54, 1.807) is 30.3 Å². The van der Waals surface area contributed by atoms with Gasteiger partial charge in [-0.1, -0.05) is 59.6 Å². The molecular formula is C26H25Cl2IN2O3. The van der Waals surface area contributed by atoms with E-state index in [0.717, 1.165) is 9.13 Å². The van der Waals surface area contributed by atoms with Crippen molar-refractivity contribution in [3.63, 3.8) is 0 Å². The second kappa shape index (κ2) is 13.0. The van der Waals surface area contributed by atoms with Crippen LogP contribution in [0.25, 0.3) is 0 Å². The van der Waals surface area contributed by atoms with Crippen molar-refractivity contribution in [1.82, 2.24) is 10.2 Å². The Balaban J connectivity index is 1.91. The van der Waals surface area contributed by atoms with E-state index in [1.807, 2.05) is 49.4 Å². The predicted octanol–water partition coefficient (Wildman–Crippen LogP) is 5.75. The fraction of sp³-hybridized carbons (Fsp3) is 0.231. The molecule has 0 heterocycles. The predicted molar refractivity (Wildman–Crippen MR) is 144 cm³/mol. The molecule has 1 N–H and O–H groups in total. The van der Waals surface area contributed by atoms with Crippen LogP contribution in [0.4, 0.5) is 0 Å². The van der Waals surface area contributed by atoms with E-state index in [0.29, 0.717) is 34.3 Å². The SMILES string of the molecule is CCNC(=O)C(Cc1ccccc1)N(Cc1ccc(Cl)cc1Cl)C(=O)COc1ccc(I)cc1. The van der Waals surface area contributed by atoms with Crippen molar-refractivity contribution in [3.05, 3.63) is 97.5 Å². The second-order valence-electron chi connectivity index (χ2n) is 7.60. The van der Waals surface area contributed by atoms with Gasteiger partial charge in [0.15, 0.2) is 6.61 Å². The molecular weight excluding hydrogens is 586 g/mol. The summed E-state index contributed by atoms with van der Waals surface area (Å²) >= 11 is 14.7. The van der Waals surface area contributed by atoms with E-state index in [-0.39, 0.29) is 25.0 Å². The molecule has 0 spiro atoms. The summed E-state index contributed by atoms with van der Waals surface area (Å²) in [5.41, 5.74) is 1.63. The first kappa shape index (κ1) is 26.3. The fourth-order valence-corrected chi connectivity index (χ4v) is 4.27. The Kier molecular flexibility index (Phi) is 10.0. The number of carbonyl (C=O) groups is 2. The largest absolute Gasteiger partial charge is 0.484 e. The van der Waals surface area contributed by atoms with Crippen molar-refractivity contribution in [2.24, 2.45) is 0 Å². The van der Waals surface area contributed by atoms with Crippen LogP contribution in [0.15, 0.2) is 72.8 Å². The van der Waals surface area contributed by atoms with Crippen molar-refractivity contribution in [2.45, 2.75) is 25.9 Å². The highest BCUT2D eigenvalue weighted by molar-refractivity contribution is 14.1. The Bertz CT molecular complexity index is 1110. The molecule has 34 heavy (non-hydrogen) atoms. The van der Waals surface area contributed by atoms with Gasteiger partial charge in [0, 0.05) is 33.1 Å². The number of hydrogen-bond donors (Lipinski definition) is 1. The van der Waals surface area contributed by atoms with Gasteiger partial charge in [-0.15, -0.1) is 0 Å². The molecule has 1 atom stereocenters. The van der Waals surface area contributed by atoms with Gasteiger partial charge in [0.2, 0.25) is 5.91 Å². The Morgan fingerprint density at radius 1 is 1.03 bits per heavy atom. The molecule has 0 radical (unpaired) electrons. The van der Waals surface area contributed by atoms with Gasteiger partial charge in [0.1, 0.15) is 11.8 Å². The van der Waals surface area contributed by atoms with Gasteiger partial charge in [-0.3, -0.25) is 9.59 Å². The summed E-state index contributed by atoms with van der Waals surface area (Å²) in [6.45, 7) is 2.22. The summed E-state index contributed by atoms with van der Waals surface area (Å²) in [4.78, 5) is 28.1. The van der Waals surface area contributed by atoms with Crippen LogP contribution >= 0.6 is 45.8 Å². The van der Waals surface area contributed by atoms with Crippen molar-refractivity contribution >= 4 is 57.6 Å². The van der Waals surface area contributed by atoms with Crippen LogP contribution in [-0.2, 0) is 22.6 Å². The molecule has 3 aromatic carbocycles. The second-order valence-corrected chi connectivity index (χ2v) is 9.69. The molecule has 0 aliphatic heterocycles. The smallest absolute Gasteiger partial charge is 0.261 e. The minimum Gasteiger partial charge on any atom is -0.484 e. The van der Waals surface area contributed by atoms with Gasteiger partial charge in [-0.2, -0.15) is 0 Å². The van der Waals surface area contributed by atoms with E-state index < -0.39 is 6.04 Å². The Morgan fingerprint density at radius 2 is 1.74 bits per heavy atom. The third kappa shape index (κ3) is 7.61. The maximum atomic E-state index is 13.5. The quantitative estimate of drug-likeness (QED) is 0.297. The summed E-state index contributed by atoms with van der Waals surface area (Å²) < 4.78 is 6.81. The molecule has 0 saturated heterocycles. The van der Waals surface area contributed by atoms with Crippen LogP contribution in [0.1, 0.15) is 18.1 Å². The van der Waals surface area contributed by atoms with E-state index >= 15 is 0 Å². The fourth-order valence-electron chi connectivity index (χ4n) is 3.44. The molecule has 3 aromatic rings. The van der Waals surface area contributed by atoms with Gasteiger partial charge in [0.05, 0.1) is 0 Å². The lowest BCUT2D eigenvalue weighted by Gasteiger charge is -2.31. The Morgan fingerprint density at radius 3 is 2.38 bits per heavy atom. The van der Waals surface area contributed by atoms with E-state index in [4.69, 9.17) is 27.9 Å². The van der Waals surface area contributed by atoms with Gasteiger partial charge in [-0.05, 0) is 77.0 Å². The van der Waals surface area contributed by atoms with Crippen LogP contribution in [-0.4, -0.2) is 35.9 Å². The molecule has 0 aromatic heterocycles. The van der Waals surface area contributed by atoms with Crippen LogP contribution in [0.2, 0.25) is 10.0 Å². The molecule has 5 nitrogen and oxygen atoms in total. The minimum atomic E-state index is -0.748. The number of benzene rings is 3. The number of likely N-dealkylation sites (N-methyl/N-ethyl adjacent to an activating group) is 1. The van der Waals surface area contributed by atoms with Gasteiger partial charge in [-0.25, -0.2) is 0 Å². The first-order valence-electron chi connectivity index (χ1n) is 10.8. The maximum Gasteiger partial charge on any atom is 0.261 e. The van der Waals surface area contributed by atoms with E-state index in [1.165, 1.54) is 4.90 Å². The topological polar surface area (TPSA) is 58.6 Å². The van der Waals surface area contributed by atoms with Crippen molar-refractivity contribution in [3.8, 4) is 5.75 Å². The molecule has 0 fully saturated rings. The number of nitrogens with zero attached hydrogens (tertiary/aromatic N) is 1. The number of nitrogens with one attached hydrogen (secondary N) is 1. The first-order valence-corrected chi connectivity index (χ1v) is 12.6. The maximum absolute atomic E-state index is 13.5. The van der Waals surface area contributed by atoms with E-state index in [2.05, 4.69) is 27.9 Å². The average molecular weight is 611 g/mol. The first-order chi connectivity index (χ1) is 16.4. The summed E-state index contributed by atoms with van der Waals surface area (Å²) in [5, 5.41) is 3.79. The third-order valence-electron chi connectivity index (χ3n) is 5.15. The lowest BCUT2D eigenvalue weighted by molar-refractivity contribution is -0.142. The molecule has 0 saturated carbocycles. The summed E-state index contributed by atoms with van der Waals surface area (Å²) in [6, 6.07) is 21.4. The van der Waals surface area contributed by atoms with Crippen LogP contribution < -0.4 is 10.1 Å². The standard InChI is InChI=1S/C26H25Cl2IN2O3/c1-2-30-26(33)24(14-18-6-4-3-5-7-18)31(16-19-8-9-20(27)15-23(19)28)25(32)17-34-22-12-10-21(29)11-13-22/h3-13,15,24H,2,14,16-17H2,1H3,(H,30,33). The Hall–Kier alpha value is -2.29. The van der Waals surface area contributed by atoms with Gasteiger partial charge in [0.25, 0.3) is 5.91 Å². The van der Waals surface area contributed by atoms with Crippen molar-refractivity contribution in [1.29, 1.82) is 0 Å². The lowest BCUT2D eigenvalue weighted by atomic mass is 10.0. The number of halogens is 3. The normalized spacial score (nSPS) is 11.5. The molecule has 0 aliphatic rings. The summed E-state index contributed by atoms with van der Waals surface area (Å²) in [5.74, 6) is 0.0201. The highest BCUT2D eigenvalue weighted by Gasteiger charge is 2.31. The van der Waals surface area contributed by atoms with Crippen LogP contribution in [0.5, 0.6) is 5.75 Å². The zero-order chi connectivity index (χ0) is 24.5. The van der Waals surface area contributed by atoms with Crippen LogP contribution in [0.3, 0.4) is 0 Å². The van der Waals surface area contributed by atoms with Crippen molar-refractivity contribution in [2.75, 3.05) is 13.2 Å². The molecule has 2 amide bonds. The zero-order valence-corrected chi connectivity index (χ0v) is 22.3. The Labute approximate surface area is 223 Å². The summed E-state index contributed by atoms with van der Waals surface area (Å²) in [6.07, 6.45) is 0.354. The highest BCUT2D eigenvalue weighted by Crippen LogP contribution is 2.24. The van der Waals surface area contributed by atoms with Crippen molar-refractivity contribution < 1.29 is 14.3 Å². The molecule has 178 valence electrons. The lowest BCUT2D eigenvalue weighted by Crippen LogP contribution is -2.51. The molecule has 8 heteroatoms. The zero-order valence-electron chi connectivity index (χ0n) is 18.6. The number of ether oxygens (including phenoxy) is 1. The van der Waals surface area contributed by atoms with E-state index in [9.17, 15) is 9.59 Å². The van der Waals surface area contributed by atoms with Gasteiger partial charge >= 0.3 is 0 Å². The third-order valence-corrected chi connectivity index (χ3v) is 6.46. The number of amides is 2. The number of rotatable bonds is 10. The highest BCUT2D eigenvalue weighted by atomic mass is 127. The molecule has 3 rings (SSSR count). The molecule has 0 aliphatic carbocycles. The van der Waals surface area contributed by atoms with Gasteiger partial charge < -0.3 is 15.0 Å². The molecule has 1 unspecified atom stereocenters. The monoisotopic (exact) mass is 610 g/mol. The average Bonchev–Trinajstić information content (AvgIpc) is 2.82.